The van der Waals surface area contributed by atoms with Crippen molar-refractivity contribution >= 4 is 0 Å². The second kappa shape index (κ2) is 9.84. The van der Waals surface area contributed by atoms with E-state index in [0.717, 1.165) is 12.0 Å². The van der Waals surface area contributed by atoms with Crippen LogP contribution in [0.25, 0.3) is 0 Å². The van der Waals surface area contributed by atoms with Crippen molar-refractivity contribution in [2.24, 2.45) is 11.3 Å². The van der Waals surface area contributed by atoms with Gasteiger partial charge in [0.05, 0.1) is 0 Å². The summed E-state index contributed by atoms with van der Waals surface area (Å²) in [5.41, 5.74) is 0.598. The van der Waals surface area contributed by atoms with Gasteiger partial charge in [-0.1, -0.05) is 40.5 Å². The van der Waals surface area contributed by atoms with Crippen LogP contribution >= 0.6 is 0 Å². The van der Waals surface area contributed by atoms with Crippen LogP contribution in [0.5, 0.6) is 0 Å². The summed E-state index contributed by atoms with van der Waals surface area (Å²) in [6, 6.07) is 0.853. The summed E-state index contributed by atoms with van der Waals surface area (Å²) in [7, 11) is 2.34. The zero-order valence-electron chi connectivity index (χ0n) is 15.4. The molecular weight excluding hydrogens is 256 g/mol. The third-order valence-corrected chi connectivity index (χ3v) is 5.10. The predicted molar refractivity (Wildman–Crippen MR) is 94.8 cm³/mol. The van der Waals surface area contributed by atoms with Crippen LogP contribution in [0.3, 0.4) is 0 Å². The summed E-state index contributed by atoms with van der Waals surface area (Å²) in [5, 5.41) is 3.53. The molecule has 0 unspecified atom stereocenters. The molecule has 2 heteroatoms. The van der Waals surface area contributed by atoms with Gasteiger partial charge in [0.25, 0.3) is 0 Å². The molecule has 0 aromatic heterocycles. The van der Waals surface area contributed by atoms with Crippen LogP contribution in [0.1, 0.15) is 79.1 Å². The van der Waals surface area contributed by atoms with Gasteiger partial charge in [0, 0.05) is 6.04 Å². The second-order valence-electron chi connectivity index (χ2n) is 8.39. The number of rotatable bonds is 10. The Morgan fingerprint density at radius 2 is 1.67 bits per heavy atom. The Morgan fingerprint density at radius 1 is 1.05 bits per heavy atom. The van der Waals surface area contributed by atoms with Crippen LogP contribution in [0, 0.1) is 11.3 Å². The van der Waals surface area contributed by atoms with E-state index in [2.05, 4.69) is 45.0 Å². The van der Waals surface area contributed by atoms with Crippen molar-refractivity contribution in [1.82, 2.24) is 10.2 Å². The molecule has 21 heavy (non-hydrogen) atoms. The number of unbranched alkanes of at least 4 members (excludes halogenated alkanes) is 3. The molecule has 0 bridgehead atoms. The molecular formula is C19H40N2. The lowest BCUT2D eigenvalue weighted by Crippen LogP contribution is -2.37. The van der Waals surface area contributed by atoms with Crippen molar-refractivity contribution in [2.75, 3.05) is 26.7 Å². The van der Waals surface area contributed by atoms with Crippen molar-refractivity contribution in [2.45, 2.75) is 85.1 Å². The SMILES string of the molecule is CC(C)CNCCCCCCN(C)C1CCC(C)(C)CC1. The van der Waals surface area contributed by atoms with E-state index in [-0.39, 0.29) is 0 Å². The van der Waals surface area contributed by atoms with E-state index in [0.29, 0.717) is 5.41 Å². The molecule has 0 aromatic rings. The van der Waals surface area contributed by atoms with Crippen LogP contribution in [0.15, 0.2) is 0 Å². The molecule has 0 amide bonds. The highest BCUT2D eigenvalue weighted by atomic mass is 15.1. The lowest BCUT2D eigenvalue weighted by Gasteiger charge is -2.38. The zero-order chi connectivity index (χ0) is 15.7. The maximum absolute atomic E-state index is 3.53. The van der Waals surface area contributed by atoms with Gasteiger partial charge in [0.15, 0.2) is 0 Å². The minimum Gasteiger partial charge on any atom is -0.316 e. The smallest absolute Gasteiger partial charge is 0.00926 e. The van der Waals surface area contributed by atoms with Gasteiger partial charge < -0.3 is 10.2 Å². The summed E-state index contributed by atoms with van der Waals surface area (Å²) in [6.07, 6.45) is 11.1. The van der Waals surface area contributed by atoms with Crippen molar-refractivity contribution in [3.05, 3.63) is 0 Å². The predicted octanol–water partition coefficient (Wildman–Crippen LogP) is 4.69. The van der Waals surface area contributed by atoms with Crippen molar-refractivity contribution in [1.29, 1.82) is 0 Å². The molecule has 0 spiro atoms. The first-order valence-electron chi connectivity index (χ1n) is 9.32. The van der Waals surface area contributed by atoms with E-state index in [1.807, 2.05) is 0 Å². The molecule has 0 radical (unpaired) electrons. The second-order valence-corrected chi connectivity index (χ2v) is 8.39. The molecule has 2 nitrogen and oxygen atoms in total. The molecule has 1 fully saturated rings. The highest BCUT2D eigenvalue weighted by Crippen LogP contribution is 2.36. The van der Waals surface area contributed by atoms with Gasteiger partial charge in [-0.05, 0) is 76.5 Å². The third-order valence-electron chi connectivity index (χ3n) is 5.10. The Kier molecular flexibility index (Phi) is 8.89. The Balaban J connectivity index is 1.95. The van der Waals surface area contributed by atoms with Crippen molar-refractivity contribution in [3.63, 3.8) is 0 Å². The van der Waals surface area contributed by atoms with Gasteiger partial charge in [0.1, 0.15) is 0 Å². The standard InChI is InChI=1S/C19H40N2/c1-17(2)16-20-14-8-6-7-9-15-21(5)18-10-12-19(3,4)13-11-18/h17-18,20H,6-16H2,1-5H3. The molecule has 1 N–H and O–H groups in total. The monoisotopic (exact) mass is 296 g/mol. The van der Waals surface area contributed by atoms with Gasteiger partial charge >= 0.3 is 0 Å². The minimum atomic E-state index is 0.598. The van der Waals surface area contributed by atoms with Gasteiger partial charge in [-0.3, -0.25) is 0 Å². The fraction of sp³-hybridized carbons (Fsp3) is 1.00. The minimum absolute atomic E-state index is 0.598. The number of nitrogens with one attached hydrogen (secondary N) is 1. The van der Waals surface area contributed by atoms with E-state index in [1.165, 1.54) is 71.0 Å². The highest BCUT2D eigenvalue weighted by molar-refractivity contribution is 4.82. The van der Waals surface area contributed by atoms with E-state index in [1.54, 1.807) is 0 Å². The summed E-state index contributed by atoms with van der Waals surface area (Å²) >= 11 is 0. The first-order valence-corrected chi connectivity index (χ1v) is 9.32. The highest BCUT2D eigenvalue weighted by Gasteiger charge is 2.28. The topological polar surface area (TPSA) is 15.3 Å². The van der Waals surface area contributed by atoms with Crippen molar-refractivity contribution in [3.8, 4) is 0 Å². The summed E-state index contributed by atoms with van der Waals surface area (Å²) < 4.78 is 0. The molecule has 0 aromatic carbocycles. The van der Waals surface area contributed by atoms with Gasteiger partial charge in [-0.2, -0.15) is 0 Å². The largest absolute Gasteiger partial charge is 0.316 e. The molecule has 1 rings (SSSR count). The van der Waals surface area contributed by atoms with E-state index in [4.69, 9.17) is 0 Å². The Morgan fingerprint density at radius 3 is 2.29 bits per heavy atom. The van der Waals surface area contributed by atoms with E-state index >= 15 is 0 Å². The zero-order valence-corrected chi connectivity index (χ0v) is 15.4. The Hall–Kier alpha value is -0.0800. The Labute approximate surface area is 134 Å². The maximum Gasteiger partial charge on any atom is 0.00926 e. The maximum atomic E-state index is 3.53. The molecule has 0 aliphatic heterocycles. The van der Waals surface area contributed by atoms with Crippen molar-refractivity contribution < 1.29 is 0 Å². The summed E-state index contributed by atoms with van der Waals surface area (Å²) in [4.78, 5) is 2.63. The lowest BCUT2D eigenvalue weighted by atomic mass is 9.75. The fourth-order valence-corrected chi connectivity index (χ4v) is 3.36. The van der Waals surface area contributed by atoms with Crippen LogP contribution in [-0.2, 0) is 0 Å². The average molecular weight is 297 g/mol. The van der Waals surface area contributed by atoms with Gasteiger partial charge in [0.2, 0.25) is 0 Å². The molecule has 1 aliphatic carbocycles. The summed E-state index contributed by atoms with van der Waals surface area (Å²) in [5.74, 6) is 0.777. The van der Waals surface area contributed by atoms with Crippen LogP contribution < -0.4 is 5.32 Å². The lowest BCUT2D eigenvalue weighted by molar-refractivity contribution is 0.126. The van der Waals surface area contributed by atoms with Crippen LogP contribution in [-0.4, -0.2) is 37.6 Å². The normalized spacial score (nSPS) is 19.6. The molecule has 1 saturated carbocycles. The molecule has 0 heterocycles. The quantitative estimate of drug-likeness (QED) is 0.588. The molecule has 0 saturated heterocycles. The van der Waals surface area contributed by atoms with Gasteiger partial charge in [-0.15, -0.1) is 0 Å². The Bertz CT molecular complexity index is 250. The van der Waals surface area contributed by atoms with E-state index < -0.39 is 0 Å². The first kappa shape index (κ1) is 19.0. The fourth-order valence-electron chi connectivity index (χ4n) is 3.36. The van der Waals surface area contributed by atoms with Gasteiger partial charge in [-0.25, -0.2) is 0 Å². The molecule has 126 valence electrons. The average Bonchev–Trinajstić information content (AvgIpc) is 2.41. The molecule has 1 aliphatic rings. The van der Waals surface area contributed by atoms with Crippen LogP contribution in [0.2, 0.25) is 0 Å². The first-order chi connectivity index (χ1) is 9.91. The number of hydrogen-bond acceptors (Lipinski definition) is 2. The molecule has 0 atom stereocenters. The number of nitrogens with zero attached hydrogens (tertiary/aromatic N) is 1. The summed E-state index contributed by atoms with van der Waals surface area (Å²) in [6.45, 7) is 13.1. The number of hydrogen-bond donors (Lipinski definition) is 1. The van der Waals surface area contributed by atoms with Crippen LogP contribution in [0.4, 0.5) is 0 Å². The third kappa shape index (κ3) is 8.83. The van der Waals surface area contributed by atoms with E-state index in [9.17, 15) is 0 Å².